The minimum absolute atomic E-state index is 0.230. The molecule has 2 aliphatic heterocycles. The number of hydrogen-bond donors (Lipinski definition) is 0. The zero-order valence-corrected chi connectivity index (χ0v) is 20.9. The molecule has 0 spiro atoms. The fourth-order valence-electron chi connectivity index (χ4n) is 3.73. The van der Waals surface area contributed by atoms with Gasteiger partial charge in [-0.05, 0) is 48.5 Å². The van der Waals surface area contributed by atoms with E-state index in [0.29, 0.717) is 31.0 Å². The lowest BCUT2D eigenvalue weighted by molar-refractivity contribution is -0.162. The minimum Gasteiger partial charge on any atom is -0.496 e. The third-order valence-corrected chi connectivity index (χ3v) is 6.19. The molecule has 9 nitrogen and oxygen atoms in total. The van der Waals surface area contributed by atoms with Crippen LogP contribution in [0.25, 0.3) is 0 Å². The van der Waals surface area contributed by atoms with E-state index in [1.165, 1.54) is 23.9 Å². The number of hydrogen-bond acceptors (Lipinski definition) is 8. The van der Waals surface area contributed by atoms with Gasteiger partial charge < -0.3 is 28.3 Å². The zero-order valence-electron chi connectivity index (χ0n) is 20.9. The smallest absolute Gasteiger partial charge is 0.496 e. The molecule has 33 heavy (non-hydrogen) atoms. The van der Waals surface area contributed by atoms with Crippen molar-refractivity contribution in [2.75, 3.05) is 26.9 Å². The van der Waals surface area contributed by atoms with E-state index in [2.05, 4.69) is 0 Å². The largest absolute Gasteiger partial charge is 0.498 e. The van der Waals surface area contributed by atoms with E-state index in [1.807, 2.05) is 27.7 Å². The molecule has 0 aliphatic carbocycles. The summed E-state index contributed by atoms with van der Waals surface area (Å²) in [5, 5.41) is 0. The van der Waals surface area contributed by atoms with Gasteiger partial charge in [0, 0.05) is 24.1 Å². The third kappa shape index (κ3) is 5.80. The number of ether oxygens (including phenoxy) is 4. The summed E-state index contributed by atoms with van der Waals surface area (Å²) < 4.78 is 36.0. The van der Waals surface area contributed by atoms with Crippen LogP contribution in [0.2, 0.25) is 0 Å². The summed E-state index contributed by atoms with van der Waals surface area (Å²) in [5.41, 5.74) is -1.79. The van der Waals surface area contributed by atoms with Crippen LogP contribution >= 0.6 is 0 Å². The van der Waals surface area contributed by atoms with Gasteiger partial charge >= 0.3 is 13.1 Å². The van der Waals surface area contributed by atoms with E-state index in [9.17, 15) is 9.59 Å². The molecular weight excluding hydrogens is 429 g/mol. The lowest BCUT2D eigenvalue weighted by Gasteiger charge is -2.32. The molecule has 2 atom stereocenters. The average molecular weight is 465 g/mol. The third-order valence-electron chi connectivity index (χ3n) is 6.19. The van der Waals surface area contributed by atoms with E-state index in [-0.39, 0.29) is 12.5 Å². The van der Waals surface area contributed by atoms with Gasteiger partial charge in [0.25, 0.3) is 5.56 Å². The van der Waals surface area contributed by atoms with Crippen molar-refractivity contribution in [1.29, 1.82) is 0 Å². The van der Waals surface area contributed by atoms with Gasteiger partial charge in [-0.2, -0.15) is 0 Å². The summed E-state index contributed by atoms with van der Waals surface area (Å²) in [6.45, 7) is 14.4. The van der Waals surface area contributed by atoms with Crippen LogP contribution in [0.1, 0.15) is 60.9 Å². The minimum atomic E-state index is -0.912. The molecule has 2 fully saturated rings. The second kappa shape index (κ2) is 9.41. The van der Waals surface area contributed by atoms with Crippen molar-refractivity contribution < 1.29 is 33.1 Å². The van der Waals surface area contributed by atoms with Gasteiger partial charge in [0.15, 0.2) is 0 Å². The molecule has 3 heterocycles. The Morgan fingerprint density at radius 1 is 1.21 bits per heavy atom. The van der Waals surface area contributed by atoms with Gasteiger partial charge in [0.2, 0.25) is 0 Å². The van der Waals surface area contributed by atoms with Crippen LogP contribution in [0.5, 0.6) is 5.75 Å². The summed E-state index contributed by atoms with van der Waals surface area (Å²) >= 11 is 0. The Hall–Kier alpha value is -1.88. The molecule has 0 amide bonds. The molecule has 0 N–H and O–H groups in total. The Bertz CT molecular complexity index is 898. The molecule has 184 valence electrons. The number of aromatic nitrogens is 1. The fourth-order valence-corrected chi connectivity index (χ4v) is 3.73. The molecular formula is C23H36BNO8. The molecule has 2 unspecified atom stereocenters. The molecule has 10 heteroatoms. The first-order valence-electron chi connectivity index (χ1n) is 11.3. The number of nitrogens with zero attached hydrogens (tertiary/aromatic N) is 1. The number of pyridine rings is 1. The average Bonchev–Trinajstić information content (AvgIpc) is 2.92. The lowest BCUT2D eigenvalue weighted by atomic mass is 9.79. The van der Waals surface area contributed by atoms with Gasteiger partial charge in [0.1, 0.15) is 17.4 Å². The van der Waals surface area contributed by atoms with Crippen LogP contribution in [0.4, 0.5) is 0 Å². The number of esters is 1. The second-order valence-corrected chi connectivity index (χ2v) is 10.5. The molecule has 1 aromatic heterocycles. The highest BCUT2D eigenvalue weighted by molar-refractivity contribution is 6.63. The zero-order chi connectivity index (χ0) is 24.6. The normalized spacial score (nSPS) is 23.3. The number of carbonyl (C=O) groups excluding carboxylic acids is 1. The summed E-state index contributed by atoms with van der Waals surface area (Å²) in [6, 6.07) is 0.487. The lowest BCUT2D eigenvalue weighted by Crippen LogP contribution is -2.43. The van der Waals surface area contributed by atoms with E-state index in [4.69, 9.17) is 28.3 Å². The van der Waals surface area contributed by atoms with Crippen molar-refractivity contribution in [3.8, 4) is 5.75 Å². The Morgan fingerprint density at radius 3 is 2.36 bits per heavy atom. The van der Waals surface area contributed by atoms with Crippen LogP contribution < -0.4 is 15.8 Å². The summed E-state index contributed by atoms with van der Waals surface area (Å²) in [7, 11) is 0.724. The van der Waals surface area contributed by atoms with Crippen LogP contribution in [-0.4, -0.2) is 67.5 Å². The number of methoxy groups -OCH3 is 1. The standard InChI is InChI=1S/C23H36BNO8/c1-21(2,3)31-20(27)17(11-15-14-29-9-10-30-15)25-13-18(28-8)16(12-19(25)26)24-32-22(4,5)23(6,7)33-24/h12-13,15,17H,9-11,14H2,1-8H3. The molecule has 1 aromatic rings. The molecule has 0 saturated carbocycles. The van der Waals surface area contributed by atoms with Gasteiger partial charge in [-0.1, -0.05) is 0 Å². The van der Waals surface area contributed by atoms with Gasteiger partial charge in [-0.15, -0.1) is 0 Å². The van der Waals surface area contributed by atoms with Crippen LogP contribution in [0, 0.1) is 0 Å². The van der Waals surface area contributed by atoms with E-state index in [0.717, 1.165) is 0 Å². The maximum absolute atomic E-state index is 13.3. The second-order valence-electron chi connectivity index (χ2n) is 10.5. The van der Waals surface area contributed by atoms with Crippen molar-refractivity contribution in [2.24, 2.45) is 0 Å². The van der Waals surface area contributed by atoms with Crippen LogP contribution in [-0.2, 0) is 28.3 Å². The molecule has 2 aliphatic rings. The first-order valence-corrected chi connectivity index (χ1v) is 11.3. The van der Waals surface area contributed by atoms with Crippen molar-refractivity contribution in [1.82, 2.24) is 4.57 Å². The Morgan fingerprint density at radius 2 is 1.85 bits per heavy atom. The maximum atomic E-state index is 13.3. The van der Waals surface area contributed by atoms with Gasteiger partial charge in [-0.3, -0.25) is 9.36 Å². The van der Waals surface area contributed by atoms with Crippen molar-refractivity contribution in [2.45, 2.75) is 83.8 Å². The molecule has 0 aromatic carbocycles. The van der Waals surface area contributed by atoms with Crippen molar-refractivity contribution in [3.05, 3.63) is 22.6 Å². The predicted octanol–water partition coefficient (Wildman–Crippen LogP) is 1.84. The monoisotopic (exact) mass is 465 g/mol. The summed E-state index contributed by atoms with van der Waals surface area (Å²) in [4.78, 5) is 26.4. The number of carbonyl (C=O) groups is 1. The topological polar surface area (TPSA) is 94.5 Å². The summed E-state index contributed by atoms with van der Waals surface area (Å²) in [6.07, 6.45) is 1.41. The van der Waals surface area contributed by atoms with Crippen LogP contribution in [0.15, 0.2) is 17.1 Å². The van der Waals surface area contributed by atoms with Crippen LogP contribution in [0.3, 0.4) is 0 Å². The quantitative estimate of drug-likeness (QED) is 0.464. The SMILES string of the molecule is COc1cn(C(CC2COCCO2)C(=O)OC(C)(C)C)c(=O)cc1B1OC(C)(C)C(C)(C)O1. The maximum Gasteiger partial charge on any atom is 0.498 e. The van der Waals surface area contributed by atoms with Crippen molar-refractivity contribution in [3.63, 3.8) is 0 Å². The first kappa shape index (κ1) is 25.7. The highest BCUT2D eigenvalue weighted by Crippen LogP contribution is 2.37. The van der Waals surface area contributed by atoms with E-state index < -0.39 is 41.5 Å². The Balaban J connectivity index is 1.98. The predicted molar refractivity (Wildman–Crippen MR) is 123 cm³/mol. The van der Waals surface area contributed by atoms with Gasteiger partial charge in [-0.25, -0.2) is 4.79 Å². The highest BCUT2D eigenvalue weighted by atomic mass is 16.7. The van der Waals surface area contributed by atoms with Crippen molar-refractivity contribution >= 4 is 18.6 Å². The summed E-state index contributed by atoms with van der Waals surface area (Å²) in [5.74, 6) is -0.147. The Kier molecular flexibility index (Phi) is 7.34. The fraction of sp³-hybridized carbons (Fsp3) is 0.739. The molecule has 3 rings (SSSR count). The first-order chi connectivity index (χ1) is 15.2. The van der Waals surface area contributed by atoms with E-state index >= 15 is 0 Å². The number of rotatable bonds is 6. The molecule has 2 saturated heterocycles. The Labute approximate surface area is 195 Å². The van der Waals surface area contributed by atoms with Gasteiger partial charge in [0.05, 0.1) is 44.2 Å². The van der Waals surface area contributed by atoms with E-state index in [1.54, 1.807) is 20.8 Å². The molecule has 0 radical (unpaired) electrons. The highest BCUT2D eigenvalue weighted by Gasteiger charge is 2.52. The molecule has 0 bridgehead atoms.